The highest BCUT2D eigenvalue weighted by atomic mass is 16.5. The summed E-state index contributed by atoms with van der Waals surface area (Å²) in [6.07, 6.45) is 3.75. The molecule has 2 aromatic rings. The third-order valence-corrected chi connectivity index (χ3v) is 2.81. The van der Waals surface area contributed by atoms with Crippen LogP contribution in [0.25, 0.3) is 0 Å². The number of aromatic nitrogens is 3. The third kappa shape index (κ3) is 2.89. The fraction of sp³-hybridized carbons (Fsp3) is 0.500. The van der Waals surface area contributed by atoms with E-state index in [-0.39, 0.29) is 0 Å². The van der Waals surface area contributed by atoms with Crippen LogP contribution in [0, 0.1) is 13.8 Å². The van der Waals surface area contributed by atoms with Crippen LogP contribution in [0.3, 0.4) is 0 Å². The zero-order valence-electron chi connectivity index (χ0n) is 10.9. The summed E-state index contributed by atoms with van der Waals surface area (Å²) in [6, 6.07) is 0. The van der Waals surface area contributed by atoms with Gasteiger partial charge in [-0.2, -0.15) is 5.10 Å². The molecule has 2 aromatic heterocycles. The molecular formula is C12H18N4O2. The molecule has 0 amide bonds. The molecule has 0 fully saturated rings. The molecule has 18 heavy (non-hydrogen) atoms. The summed E-state index contributed by atoms with van der Waals surface area (Å²) >= 11 is 0. The molecule has 0 spiro atoms. The zero-order chi connectivity index (χ0) is 13.0. The van der Waals surface area contributed by atoms with Gasteiger partial charge < -0.3 is 14.6 Å². The molecule has 0 aliphatic rings. The van der Waals surface area contributed by atoms with E-state index in [2.05, 4.69) is 15.6 Å². The molecule has 0 aliphatic heterocycles. The van der Waals surface area contributed by atoms with E-state index in [1.54, 1.807) is 13.3 Å². The first-order chi connectivity index (χ1) is 8.70. The third-order valence-electron chi connectivity index (χ3n) is 2.81. The maximum Gasteiger partial charge on any atom is 0.138 e. The molecule has 0 saturated carbocycles. The van der Waals surface area contributed by atoms with E-state index in [0.29, 0.717) is 13.2 Å². The predicted molar refractivity (Wildman–Crippen MR) is 67.4 cm³/mol. The number of ether oxygens (including phenoxy) is 1. The first-order valence-corrected chi connectivity index (χ1v) is 5.87. The molecule has 0 atom stereocenters. The molecule has 2 rings (SSSR count). The van der Waals surface area contributed by atoms with Gasteiger partial charge in [-0.3, -0.25) is 4.68 Å². The van der Waals surface area contributed by atoms with E-state index in [9.17, 15) is 0 Å². The molecule has 6 nitrogen and oxygen atoms in total. The zero-order valence-corrected chi connectivity index (χ0v) is 10.9. The Morgan fingerprint density at radius 1 is 1.44 bits per heavy atom. The van der Waals surface area contributed by atoms with Crippen molar-refractivity contribution >= 4 is 5.69 Å². The van der Waals surface area contributed by atoms with Crippen LogP contribution in [0.4, 0.5) is 5.69 Å². The van der Waals surface area contributed by atoms with E-state index >= 15 is 0 Å². The quantitative estimate of drug-likeness (QED) is 0.846. The number of hydrogen-bond donors (Lipinski definition) is 1. The number of anilines is 1. The predicted octanol–water partition coefficient (Wildman–Crippen LogP) is 1.75. The normalized spacial score (nSPS) is 10.8. The number of rotatable bonds is 6. The van der Waals surface area contributed by atoms with Gasteiger partial charge in [0.15, 0.2) is 0 Å². The summed E-state index contributed by atoms with van der Waals surface area (Å²) in [5, 5.41) is 11.5. The van der Waals surface area contributed by atoms with Crippen LogP contribution in [0.2, 0.25) is 0 Å². The maximum absolute atomic E-state index is 5.11. The first kappa shape index (κ1) is 12.6. The van der Waals surface area contributed by atoms with Gasteiger partial charge in [0, 0.05) is 25.4 Å². The van der Waals surface area contributed by atoms with Gasteiger partial charge >= 0.3 is 0 Å². The van der Waals surface area contributed by atoms with Crippen LogP contribution >= 0.6 is 0 Å². The minimum absolute atomic E-state index is 0.658. The molecule has 98 valence electrons. The van der Waals surface area contributed by atoms with Crippen molar-refractivity contribution in [1.82, 2.24) is 14.9 Å². The van der Waals surface area contributed by atoms with Gasteiger partial charge in [-0.15, -0.1) is 0 Å². The fourth-order valence-electron chi connectivity index (χ4n) is 1.71. The Balaban J connectivity index is 1.92. The Morgan fingerprint density at radius 2 is 2.28 bits per heavy atom. The smallest absolute Gasteiger partial charge is 0.138 e. The standard InChI is InChI=1S/C12H18N4O2/c1-9-12(10(2)18-15-9)7-13-11-6-14-16(8-11)4-5-17-3/h6,8,13H,4-5,7H2,1-3H3. The topological polar surface area (TPSA) is 65.1 Å². The number of nitrogens with one attached hydrogen (secondary N) is 1. The summed E-state index contributed by atoms with van der Waals surface area (Å²) in [5.74, 6) is 0.853. The second-order valence-corrected chi connectivity index (χ2v) is 4.14. The molecule has 1 N–H and O–H groups in total. The van der Waals surface area contributed by atoms with Crippen LogP contribution in [-0.4, -0.2) is 28.7 Å². The molecule has 0 bridgehead atoms. The average Bonchev–Trinajstić information content (AvgIpc) is 2.93. The highest BCUT2D eigenvalue weighted by Crippen LogP contribution is 2.14. The lowest BCUT2D eigenvalue weighted by Gasteiger charge is -2.02. The summed E-state index contributed by atoms with van der Waals surface area (Å²) in [7, 11) is 1.68. The minimum atomic E-state index is 0.658. The van der Waals surface area contributed by atoms with Crippen molar-refractivity contribution < 1.29 is 9.26 Å². The maximum atomic E-state index is 5.11. The van der Waals surface area contributed by atoms with Crippen molar-refractivity contribution in [2.45, 2.75) is 26.9 Å². The van der Waals surface area contributed by atoms with E-state index in [1.165, 1.54) is 0 Å². The number of methoxy groups -OCH3 is 1. The fourth-order valence-corrected chi connectivity index (χ4v) is 1.71. The Kier molecular flexibility index (Phi) is 3.99. The Labute approximate surface area is 106 Å². The lowest BCUT2D eigenvalue weighted by Crippen LogP contribution is -2.04. The van der Waals surface area contributed by atoms with Crippen molar-refractivity contribution in [2.75, 3.05) is 19.0 Å². The average molecular weight is 250 g/mol. The van der Waals surface area contributed by atoms with Gasteiger partial charge in [0.1, 0.15) is 5.76 Å². The summed E-state index contributed by atoms with van der Waals surface area (Å²) in [5.41, 5.74) is 3.00. The van der Waals surface area contributed by atoms with Crippen LogP contribution in [0.1, 0.15) is 17.0 Å². The lowest BCUT2D eigenvalue weighted by atomic mass is 10.2. The van der Waals surface area contributed by atoms with E-state index in [1.807, 2.05) is 24.7 Å². The van der Waals surface area contributed by atoms with E-state index < -0.39 is 0 Å². The van der Waals surface area contributed by atoms with Gasteiger partial charge in [-0.1, -0.05) is 5.16 Å². The largest absolute Gasteiger partial charge is 0.383 e. The second-order valence-electron chi connectivity index (χ2n) is 4.14. The highest BCUT2D eigenvalue weighted by molar-refractivity contribution is 5.40. The number of nitrogens with zero attached hydrogens (tertiary/aromatic N) is 3. The first-order valence-electron chi connectivity index (χ1n) is 5.87. The number of hydrogen-bond acceptors (Lipinski definition) is 5. The van der Waals surface area contributed by atoms with Crippen molar-refractivity contribution in [3.8, 4) is 0 Å². The van der Waals surface area contributed by atoms with Crippen molar-refractivity contribution in [1.29, 1.82) is 0 Å². The van der Waals surface area contributed by atoms with Gasteiger partial charge in [-0.25, -0.2) is 0 Å². The Morgan fingerprint density at radius 3 is 2.94 bits per heavy atom. The van der Waals surface area contributed by atoms with Crippen molar-refractivity contribution in [3.63, 3.8) is 0 Å². The molecule has 0 saturated heterocycles. The van der Waals surface area contributed by atoms with Crippen molar-refractivity contribution in [2.24, 2.45) is 0 Å². The van der Waals surface area contributed by atoms with Gasteiger partial charge in [0.05, 0.1) is 30.7 Å². The van der Waals surface area contributed by atoms with Crippen LogP contribution in [-0.2, 0) is 17.8 Å². The molecular weight excluding hydrogens is 232 g/mol. The van der Waals surface area contributed by atoms with Crippen LogP contribution in [0.15, 0.2) is 16.9 Å². The van der Waals surface area contributed by atoms with Crippen LogP contribution in [0.5, 0.6) is 0 Å². The molecule has 0 aliphatic carbocycles. The highest BCUT2D eigenvalue weighted by Gasteiger charge is 2.08. The van der Waals surface area contributed by atoms with Gasteiger partial charge in [0.25, 0.3) is 0 Å². The monoisotopic (exact) mass is 250 g/mol. The van der Waals surface area contributed by atoms with Gasteiger partial charge in [0.2, 0.25) is 0 Å². The Hall–Kier alpha value is -1.82. The summed E-state index contributed by atoms with van der Waals surface area (Å²) < 4.78 is 12.0. The second kappa shape index (κ2) is 5.68. The molecule has 0 unspecified atom stereocenters. The van der Waals surface area contributed by atoms with E-state index in [4.69, 9.17) is 9.26 Å². The summed E-state index contributed by atoms with van der Waals surface area (Å²) in [4.78, 5) is 0. The van der Waals surface area contributed by atoms with Crippen molar-refractivity contribution in [3.05, 3.63) is 29.4 Å². The summed E-state index contributed by atoms with van der Waals surface area (Å²) in [6.45, 7) is 5.96. The SMILES string of the molecule is COCCn1cc(NCc2c(C)noc2C)cn1. The Bertz CT molecular complexity index is 484. The van der Waals surface area contributed by atoms with Gasteiger partial charge in [-0.05, 0) is 13.8 Å². The molecule has 2 heterocycles. The number of aryl methyl sites for hydroxylation is 2. The van der Waals surface area contributed by atoms with E-state index in [0.717, 1.165) is 29.2 Å². The minimum Gasteiger partial charge on any atom is -0.383 e. The molecule has 0 aromatic carbocycles. The molecule has 6 heteroatoms. The van der Waals surface area contributed by atoms with Crippen LogP contribution < -0.4 is 5.32 Å². The lowest BCUT2D eigenvalue weighted by molar-refractivity contribution is 0.183. The molecule has 0 radical (unpaired) electrons.